The van der Waals surface area contributed by atoms with Crippen molar-refractivity contribution in [3.05, 3.63) is 93.2 Å². The molecule has 0 bridgehead atoms. The largest absolute Gasteiger partial charge is 4.00 e. The van der Waals surface area contributed by atoms with Crippen LogP contribution in [0.2, 0.25) is 0 Å². The first-order valence-corrected chi connectivity index (χ1v) is 7.01. The predicted molar refractivity (Wildman–Crippen MR) is 87.0 cm³/mol. The van der Waals surface area contributed by atoms with E-state index in [1.165, 1.54) is 26.4 Å². The molecule has 1 aliphatic carbocycles. The molecule has 0 aromatic heterocycles. The smallest absolute Gasteiger partial charge is 1.00 e. The minimum Gasteiger partial charge on any atom is -1.00 e. The summed E-state index contributed by atoms with van der Waals surface area (Å²) >= 11 is 0. The van der Waals surface area contributed by atoms with Crippen LogP contribution in [0.15, 0.2) is 71.7 Å². The zero-order valence-electron chi connectivity index (χ0n) is 12.7. The van der Waals surface area contributed by atoms with Crippen LogP contribution < -0.4 is 35.3 Å². The fourth-order valence-corrected chi connectivity index (χ4v) is 2.76. The maximum Gasteiger partial charge on any atom is 4.00 e. The summed E-state index contributed by atoms with van der Waals surface area (Å²) in [6, 6.07) is 22.8. The second-order valence-corrected chi connectivity index (χ2v) is 5.04. The van der Waals surface area contributed by atoms with Gasteiger partial charge in [0.1, 0.15) is 0 Å². The molecule has 4 heteroatoms. The Labute approximate surface area is 172 Å². The third kappa shape index (κ3) is 3.83. The number of nitrogens with zero attached hydrogens (tertiary/aromatic N) is 1. The second kappa shape index (κ2) is 9.23. The molecule has 1 heterocycles. The van der Waals surface area contributed by atoms with Crippen LogP contribution in [0.4, 0.5) is 5.69 Å². The van der Waals surface area contributed by atoms with Gasteiger partial charge in [0.05, 0.1) is 0 Å². The monoisotopic (exact) mass is 427 g/mol. The quantitative estimate of drug-likeness (QED) is 0.263. The molecule has 0 amide bonds. The fourth-order valence-electron chi connectivity index (χ4n) is 2.76. The van der Waals surface area contributed by atoms with E-state index in [0.717, 1.165) is 5.69 Å². The van der Waals surface area contributed by atoms with E-state index in [1.54, 1.807) is 0 Å². The molecule has 0 saturated heterocycles. The van der Waals surface area contributed by atoms with Crippen LogP contribution in [0.1, 0.15) is 5.56 Å². The maximum absolute atomic E-state index is 4.32. The van der Waals surface area contributed by atoms with E-state index in [4.69, 9.17) is 0 Å². The first kappa shape index (κ1) is 20.7. The zero-order valence-corrected chi connectivity index (χ0v) is 16.7. The van der Waals surface area contributed by atoms with Crippen LogP contribution >= 0.6 is 0 Å². The van der Waals surface area contributed by atoms with E-state index in [-0.39, 0.29) is 51.0 Å². The fraction of sp³-hybridized carbons (Fsp3) is 0. The number of fused-ring (bicyclic) bond motifs is 4. The van der Waals surface area contributed by atoms with Crippen LogP contribution in [-0.4, -0.2) is 6.21 Å². The molecule has 3 aromatic rings. The molecule has 0 unspecified atom stereocenters. The van der Waals surface area contributed by atoms with Gasteiger partial charge in [-0.15, -0.1) is 6.07 Å². The third-order valence-corrected chi connectivity index (χ3v) is 3.75. The molecular formula is C20H13Cl2NZr. The number of rotatable bonds is 0. The Kier molecular flexibility index (Phi) is 7.96. The SMILES string of the molecule is [C-]1=Nc2c3c(ccc2=C1)=c1ccccc1=C3.[Cl-].[Cl-].[Zr+4].c1cc[cH-]c1. The van der Waals surface area contributed by atoms with E-state index >= 15 is 0 Å². The van der Waals surface area contributed by atoms with E-state index in [2.05, 4.69) is 53.7 Å². The van der Waals surface area contributed by atoms with Gasteiger partial charge in [-0.05, 0) is 15.7 Å². The minimum absolute atomic E-state index is 0. The van der Waals surface area contributed by atoms with Gasteiger partial charge in [-0.2, -0.15) is 29.5 Å². The average molecular weight is 429 g/mol. The van der Waals surface area contributed by atoms with E-state index in [0.29, 0.717) is 0 Å². The molecular weight excluding hydrogens is 416 g/mol. The molecule has 0 spiro atoms. The standard InChI is InChI=1S/C15H8N.C5H5.2ClH.Zr/c1-2-4-12-11(3-1)9-14-13(12)6-5-10-7-8-16-15(10)14;1-2-4-5-3-1;;;/h1-7,9H;1-5H;2*1H;/q2*-1;;;+4/p-2. The summed E-state index contributed by atoms with van der Waals surface area (Å²) in [5.41, 5.74) is 2.30. The van der Waals surface area contributed by atoms with Crippen molar-refractivity contribution in [2.45, 2.75) is 0 Å². The summed E-state index contributed by atoms with van der Waals surface area (Å²) in [7, 11) is 0. The van der Waals surface area contributed by atoms with Crippen molar-refractivity contribution in [2.24, 2.45) is 4.99 Å². The van der Waals surface area contributed by atoms with Gasteiger partial charge >= 0.3 is 26.2 Å². The van der Waals surface area contributed by atoms with E-state index < -0.39 is 0 Å². The Balaban J connectivity index is 0.000000317. The van der Waals surface area contributed by atoms with Gasteiger partial charge in [0.2, 0.25) is 0 Å². The Morgan fingerprint density at radius 3 is 2.25 bits per heavy atom. The van der Waals surface area contributed by atoms with Gasteiger partial charge in [0.15, 0.2) is 0 Å². The van der Waals surface area contributed by atoms with Crippen LogP contribution in [0.5, 0.6) is 0 Å². The molecule has 24 heavy (non-hydrogen) atoms. The molecule has 116 valence electrons. The van der Waals surface area contributed by atoms with Crippen molar-refractivity contribution in [3.8, 4) is 0 Å². The van der Waals surface area contributed by atoms with Crippen molar-refractivity contribution >= 4 is 24.1 Å². The van der Waals surface area contributed by atoms with Crippen LogP contribution in [-0.2, 0) is 26.2 Å². The molecule has 3 aromatic carbocycles. The van der Waals surface area contributed by atoms with Crippen molar-refractivity contribution in [1.29, 1.82) is 0 Å². The van der Waals surface area contributed by atoms with Crippen molar-refractivity contribution in [3.63, 3.8) is 0 Å². The third-order valence-electron chi connectivity index (χ3n) is 3.75. The molecule has 1 nitrogen and oxygen atoms in total. The second-order valence-electron chi connectivity index (χ2n) is 5.04. The number of benzene rings is 2. The number of halogens is 2. The Bertz CT molecular complexity index is 1020. The zero-order chi connectivity index (χ0) is 14.1. The van der Waals surface area contributed by atoms with Gasteiger partial charge in [-0.1, -0.05) is 53.9 Å². The maximum atomic E-state index is 4.32. The predicted octanol–water partition coefficient (Wildman–Crippen LogP) is -3.10. The van der Waals surface area contributed by atoms with Gasteiger partial charge in [-0.3, -0.25) is 0 Å². The molecule has 2 aliphatic rings. The Hall–Kier alpha value is -1.34. The molecule has 5 rings (SSSR count). The van der Waals surface area contributed by atoms with Gasteiger partial charge in [0, 0.05) is 0 Å². The van der Waals surface area contributed by atoms with E-state index in [1.807, 2.05) is 36.4 Å². The van der Waals surface area contributed by atoms with Gasteiger partial charge in [0.25, 0.3) is 0 Å². The molecule has 0 saturated carbocycles. The molecule has 0 atom stereocenters. The summed E-state index contributed by atoms with van der Waals surface area (Å²) in [5.74, 6) is 0. The first-order chi connectivity index (χ1) is 10.4. The molecule has 0 radical (unpaired) electrons. The first-order valence-electron chi connectivity index (χ1n) is 7.01. The van der Waals surface area contributed by atoms with Gasteiger partial charge < -0.3 is 29.8 Å². The summed E-state index contributed by atoms with van der Waals surface area (Å²) in [4.78, 5) is 4.32. The molecule has 0 N–H and O–H groups in total. The molecule has 0 fully saturated rings. The average Bonchev–Trinajstić information content (AvgIpc) is 3.27. The summed E-state index contributed by atoms with van der Waals surface area (Å²) < 4.78 is 0. The van der Waals surface area contributed by atoms with Crippen molar-refractivity contribution in [2.75, 3.05) is 0 Å². The summed E-state index contributed by atoms with van der Waals surface area (Å²) in [5, 5.41) is 5.05. The van der Waals surface area contributed by atoms with Gasteiger partial charge in [-0.25, -0.2) is 12.1 Å². The van der Waals surface area contributed by atoms with E-state index in [9.17, 15) is 0 Å². The number of aliphatic imine (C=N–C) groups is 1. The van der Waals surface area contributed by atoms with Crippen LogP contribution in [0, 0.1) is 10.4 Å². The normalized spacial score (nSPS) is 10.8. The summed E-state index contributed by atoms with van der Waals surface area (Å²) in [6.45, 7) is 0. The number of hydrogen-bond donors (Lipinski definition) is 0. The minimum atomic E-state index is 0. The topological polar surface area (TPSA) is 12.4 Å². The van der Waals surface area contributed by atoms with Crippen LogP contribution in [0.25, 0.3) is 12.2 Å². The number of hydrogen-bond acceptors (Lipinski definition) is 1. The Morgan fingerprint density at radius 2 is 1.54 bits per heavy atom. The molecule has 1 aliphatic heterocycles. The van der Waals surface area contributed by atoms with Crippen molar-refractivity contribution in [1.82, 2.24) is 0 Å². The Morgan fingerprint density at radius 1 is 0.792 bits per heavy atom. The summed E-state index contributed by atoms with van der Waals surface area (Å²) in [6.07, 6.45) is 7.08. The van der Waals surface area contributed by atoms with Crippen LogP contribution in [0.3, 0.4) is 0 Å². The van der Waals surface area contributed by atoms with Crippen molar-refractivity contribution < 1.29 is 51.0 Å².